The van der Waals surface area contributed by atoms with Crippen molar-refractivity contribution in [1.82, 2.24) is 20.1 Å². The Hall–Kier alpha value is -2.91. The van der Waals surface area contributed by atoms with E-state index in [-0.39, 0.29) is 23.3 Å². The van der Waals surface area contributed by atoms with Crippen molar-refractivity contribution in [2.45, 2.75) is 44.8 Å². The van der Waals surface area contributed by atoms with Crippen molar-refractivity contribution >= 4 is 11.9 Å². The molecule has 0 bridgehead atoms. The number of rotatable bonds is 5. The van der Waals surface area contributed by atoms with Crippen LogP contribution < -0.4 is 5.32 Å². The molecular formula is C18H19F3N4O3. The lowest BCUT2D eigenvalue weighted by Crippen LogP contribution is -2.35. The van der Waals surface area contributed by atoms with Crippen LogP contribution in [0.2, 0.25) is 0 Å². The van der Waals surface area contributed by atoms with Gasteiger partial charge in [-0.1, -0.05) is 12.8 Å². The average molecular weight is 396 g/mol. The van der Waals surface area contributed by atoms with Crippen molar-refractivity contribution in [3.8, 4) is 5.82 Å². The van der Waals surface area contributed by atoms with Crippen molar-refractivity contribution in [3.05, 3.63) is 41.3 Å². The summed E-state index contributed by atoms with van der Waals surface area (Å²) in [6.07, 6.45) is 1.42. The molecule has 1 aliphatic rings. The molecule has 2 aromatic rings. The number of aromatic nitrogens is 3. The Morgan fingerprint density at radius 3 is 2.57 bits per heavy atom. The molecule has 0 aliphatic heterocycles. The van der Waals surface area contributed by atoms with Gasteiger partial charge in [-0.3, -0.25) is 4.79 Å². The lowest BCUT2D eigenvalue weighted by Gasteiger charge is -2.12. The van der Waals surface area contributed by atoms with Crippen LogP contribution in [-0.2, 0) is 15.7 Å². The van der Waals surface area contributed by atoms with Crippen LogP contribution in [0.1, 0.15) is 47.3 Å². The van der Waals surface area contributed by atoms with Gasteiger partial charge in [-0.25, -0.2) is 14.5 Å². The zero-order chi connectivity index (χ0) is 20.3. The van der Waals surface area contributed by atoms with Crippen molar-refractivity contribution in [2.24, 2.45) is 0 Å². The summed E-state index contributed by atoms with van der Waals surface area (Å²) >= 11 is 0. The molecule has 1 amide bonds. The predicted molar refractivity (Wildman–Crippen MR) is 91.8 cm³/mol. The van der Waals surface area contributed by atoms with Crippen LogP contribution in [0.25, 0.3) is 5.82 Å². The van der Waals surface area contributed by atoms with Gasteiger partial charge < -0.3 is 10.1 Å². The van der Waals surface area contributed by atoms with E-state index in [9.17, 15) is 22.8 Å². The number of halogens is 3. The van der Waals surface area contributed by atoms with Gasteiger partial charge >= 0.3 is 12.1 Å². The van der Waals surface area contributed by atoms with E-state index in [1.807, 2.05) is 0 Å². The van der Waals surface area contributed by atoms with E-state index < -0.39 is 24.3 Å². The first-order valence-corrected chi connectivity index (χ1v) is 8.80. The molecule has 0 atom stereocenters. The van der Waals surface area contributed by atoms with Gasteiger partial charge in [0.15, 0.2) is 12.4 Å². The third-order valence-corrected chi connectivity index (χ3v) is 4.58. The van der Waals surface area contributed by atoms with Gasteiger partial charge in [0.25, 0.3) is 5.91 Å². The van der Waals surface area contributed by atoms with Gasteiger partial charge in [0.05, 0.1) is 17.5 Å². The third-order valence-electron chi connectivity index (χ3n) is 4.58. The number of hydrogen-bond donors (Lipinski definition) is 1. The second-order valence-electron chi connectivity index (χ2n) is 6.58. The van der Waals surface area contributed by atoms with E-state index >= 15 is 0 Å². The van der Waals surface area contributed by atoms with Crippen LogP contribution in [0.4, 0.5) is 13.2 Å². The van der Waals surface area contributed by atoms with Gasteiger partial charge in [-0.2, -0.15) is 18.3 Å². The first-order valence-electron chi connectivity index (χ1n) is 8.80. The van der Waals surface area contributed by atoms with E-state index in [0.29, 0.717) is 11.9 Å². The molecular weight excluding hydrogens is 377 g/mol. The summed E-state index contributed by atoms with van der Waals surface area (Å²) < 4.78 is 44.2. The summed E-state index contributed by atoms with van der Waals surface area (Å²) in [5, 5.41) is 6.79. The van der Waals surface area contributed by atoms with Crippen molar-refractivity contribution in [2.75, 3.05) is 6.61 Å². The SMILES string of the molecule is Cc1c(C(=O)OCC(=O)NC2CCCC2)cnn1-c1ccc(C(F)(F)F)cn1. The summed E-state index contributed by atoms with van der Waals surface area (Å²) in [6, 6.07) is 2.17. The number of pyridine rings is 1. The smallest absolute Gasteiger partial charge is 0.417 e. The number of carbonyl (C=O) groups excluding carboxylic acids is 2. The average Bonchev–Trinajstić information content (AvgIpc) is 3.29. The number of nitrogens with one attached hydrogen (secondary N) is 1. The Kier molecular flexibility index (Phi) is 5.66. The van der Waals surface area contributed by atoms with Crippen LogP contribution in [0.5, 0.6) is 0 Å². The molecule has 0 radical (unpaired) electrons. The highest BCUT2D eigenvalue weighted by molar-refractivity contribution is 5.92. The van der Waals surface area contributed by atoms with Crippen molar-refractivity contribution in [1.29, 1.82) is 0 Å². The van der Waals surface area contributed by atoms with Crippen molar-refractivity contribution in [3.63, 3.8) is 0 Å². The van der Waals surface area contributed by atoms with Gasteiger partial charge in [0.1, 0.15) is 5.56 Å². The summed E-state index contributed by atoms with van der Waals surface area (Å²) in [5.74, 6) is -0.976. The maximum Gasteiger partial charge on any atom is 0.417 e. The quantitative estimate of drug-likeness (QED) is 0.786. The van der Waals surface area contributed by atoms with Crippen LogP contribution >= 0.6 is 0 Å². The highest BCUT2D eigenvalue weighted by Crippen LogP contribution is 2.28. The summed E-state index contributed by atoms with van der Waals surface area (Å²) in [7, 11) is 0. The third kappa shape index (κ3) is 4.49. The Balaban J connectivity index is 1.63. The van der Waals surface area contributed by atoms with Gasteiger partial charge in [-0.15, -0.1) is 0 Å². The number of amides is 1. The normalized spacial score (nSPS) is 14.9. The van der Waals surface area contributed by atoms with Gasteiger partial charge in [0.2, 0.25) is 0 Å². The second kappa shape index (κ2) is 7.99. The Bertz CT molecular complexity index is 856. The van der Waals surface area contributed by atoms with Gasteiger partial charge in [-0.05, 0) is 31.9 Å². The Morgan fingerprint density at radius 2 is 1.96 bits per heavy atom. The van der Waals surface area contributed by atoms with E-state index in [0.717, 1.165) is 37.8 Å². The molecule has 1 fully saturated rings. The van der Waals surface area contributed by atoms with Crippen LogP contribution in [0.15, 0.2) is 24.5 Å². The molecule has 0 unspecified atom stereocenters. The summed E-state index contributed by atoms with van der Waals surface area (Å²) in [6.45, 7) is 1.15. The molecule has 1 N–H and O–H groups in total. The molecule has 2 heterocycles. The van der Waals surface area contributed by atoms with Crippen molar-refractivity contribution < 1.29 is 27.5 Å². The largest absolute Gasteiger partial charge is 0.452 e. The highest BCUT2D eigenvalue weighted by atomic mass is 19.4. The van der Waals surface area contributed by atoms with Crippen LogP contribution in [0, 0.1) is 6.92 Å². The van der Waals surface area contributed by atoms with Crippen LogP contribution in [-0.4, -0.2) is 39.3 Å². The molecule has 0 saturated heterocycles. The standard InChI is InChI=1S/C18H19F3N4O3/c1-11-14(17(27)28-10-16(26)24-13-4-2-3-5-13)9-23-25(11)15-7-6-12(8-22-15)18(19,20)21/h6-9,13H,2-5,10H2,1H3,(H,24,26). The monoisotopic (exact) mass is 396 g/mol. The minimum Gasteiger partial charge on any atom is -0.452 e. The topological polar surface area (TPSA) is 86.1 Å². The molecule has 3 rings (SSSR count). The first-order chi connectivity index (χ1) is 13.3. The maximum absolute atomic E-state index is 12.6. The second-order valence-corrected chi connectivity index (χ2v) is 6.58. The molecule has 1 aliphatic carbocycles. The molecule has 150 valence electrons. The minimum absolute atomic E-state index is 0.107. The molecule has 0 spiro atoms. The Morgan fingerprint density at radius 1 is 1.25 bits per heavy atom. The maximum atomic E-state index is 12.6. The molecule has 10 heteroatoms. The van der Waals surface area contributed by atoms with E-state index in [1.54, 1.807) is 6.92 Å². The number of esters is 1. The highest BCUT2D eigenvalue weighted by Gasteiger charge is 2.31. The number of nitrogens with zero attached hydrogens (tertiary/aromatic N) is 3. The lowest BCUT2D eigenvalue weighted by molar-refractivity contribution is -0.137. The lowest BCUT2D eigenvalue weighted by atomic mass is 10.2. The van der Waals surface area contributed by atoms with E-state index in [2.05, 4.69) is 15.4 Å². The fourth-order valence-electron chi connectivity index (χ4n) is 3.07. The number of carbonyl (C=O) groups is 2. The molecule has 2 aromatic heterocycles. The fourth-order valence-corrected chi connectivity index (χ4v) is 3.07. The van der Waals surface area contributed by atoms with E-state index in [4.69, 9.17) is 4.74 Å². The first kappa shape index (κ1) is 19.8. The van der Waals surface area contributed by atoms with Crippen LogP contribution in [0.3, 0.4) is 0 Å². The minimum atomic E-state index is -4.49. The number of ether oxygens (including phenoxy) is 1. The summed E-state index contributed by atoms with van der Waals surface area (Å²) in [5.41, 5.74) is -0.433. The van der Waals surface area contributed by atoms with E-state index in [1.165, 1.54) is 10.9 Å². The summed E-state index contributed by atoms with van der Waals surface area (Å²) in [4.78, 5) is 27.8. The number of alkyl halides is 3. The molecule has 28 heavy (non-hydrogen) atoms. The predicted octanol–water partition coefficient (Wildman–Crippen LogP) is 2.81. The molecule has 7 nitrogen and oxygen atoms in total. The molecule has 0 aromatic carbocycles. The molecule has 1 saturated carbocycles. The van der Waals surface area contributed by atoms with Gasteiger partial charge in [0, 0.05) is 12.2 Å². The zero-order valence-electron chi connectivity index (χ0n) is 15.1. The number of hydrogen-bond acceptors (Lipinski definition) is 5. The zero-order valence-corrected chi connectivity index (χ0v) is 15.1. The fraction of sp³-hybridized carbons (Fsp3) is 0.444. The Labute approximate surface area is 158 Å².